The molecule has 11 heavy (non-hydrogen) atoms. The third-order valence-electron chi connectivity index (χ3n) is 1.28. The average molecular weight is 151 g/mol. The smallest absolute Gasteiger partial charge is 0.341 e. The van der Waals surface area contributed by atoms with E-state index in [1.165, 1.54) is 12.3 Å². The van der Waals surface area contributed by atoms with Gasteiger partial charge in [0.2, 0.25) is 0 Å². The van der Waals surface area contributed by atoms with Crippen molar-refractivity contribution in [2.45, 2.75) is 0 Å². The Morgan fingerprint density at radius 2 is 2.27 bits per heavy atom. The van der Waals surface area contributed by atoms with E-state index in [1.807, 2.05) is 0 Å². The van der Waals surface area contributed by atoms with E-state index in [1.54, 1.807) is 7.85 Å². The number of H-pyrrole nitrogens is 1. The van der Waals surface area contributed by atoms with Crippen LogP contribution < -0.4 is 11.0 Å². The lowest BCUT2D eigenvalue weighted by Gasteiger charge is -1.93. The maximum atomic E-state index is 10.8. The minimum Gasteiger partial charge on any atom is -0.477 e. The van der Waals surface area contributed by atoms with Gasteiger partial charge in [-0.25, -0.2) is 4.79 Å². The van der Waals surface area contributed by atoms with Crippen molar-refractivity contribution < 1.29 is 9.90 Å². The van der Waals surface area contributed by atoms with E-state index in [0.717, 1.165) is 5.46 Å². The van der Waals surface area contributed by atoms with Crippen molar-refractivity contribution in [1.29, 1.82) is 0 Å². The van der Waals surface area contributed by atoms with Crippen LogP contribution in [0, 0.1) is 0 Å². The minimum absolute atomic E-state index is 0.218. The Kier molecular flexibility index (Phi) is 1.80. The summed E-state index contributed by atoms with van der Waals surface area (Å²) in [7, 11) is 1.71. The molecule has 0 bridgehead atoms. The van der Waals surface area contributed by atoms with E-state index in [-0.39, 0.29) is 5.56 Å². The monoisotopic (exact) mass is 151 g/mol. The molecule has 1 rings (SSSR count). The zero-order valence-corrected chi connectivity index (χ0v) is 5.92. The minimum atomic E-state index is -1.20. The van der Waals surface area contributed by atoms with Crippen LogP contribution in [0.15, 0.2) is 17.1 Å². The van der Waals surface area contributed by atoms with E-state index in [9.17, 15) is 9.59 Å². The van der Waals surface area contributed by atoms with Crippen molar-refractivity contribution in [3.8, 4) is 0 Å². The molecule has 4 nitrogen and oxygen atoms in total. The van der Waals surface area contributed by atoms with Crippen LogP contribution in [0.1, 0.15) is 10.4 Å². The van der Waals surface area contributed by atoms with Crippen LogP contribution in [0.5, 0.6) is 0 Å². The molecule has 0 aliphatic rings. The molecule has 0 aliphatic heterocycles. The highest BCUT2D eigenvalue weighted by Crippen LogP contribution is 1.84. The Balaban J connectivity index is 3.35. The number of hydrogen-bond donors (Lipinski definition) is 2. The van der Waals surface area contributed by atoms with Gasteiger partial charge in [-0.1, -0.05) is 5.46 Å². The summed E-state index contributed by atoms with van der Waals surface area (Å²) >= 11 is 0. The van der Waals surface area contributed by atoms with Crippen LogP contribution in [0.3, 0.4) is 0 Å². The number of carbonyl (C=O) groups is 1. The van der Waals surface area contributed by atoms with E-state index in [0.29, 0.717) is 0 Å². The zero-order valence-electron chi connectivity index (χ0n) is 5.92. The fourth-order valence-corrected chi connectivity index (χ4v) is 0.751. The number of nitrogens with one attached hydrogen (secondary N) is 1. The van der Waals surface area contributed by atoms with E-state index in [2.05, 4.69) is 4.98 Å². The number of pyridine rings is 1. The molecule has 56 valence electrons. The second-order valence-corrected chi connectivity index (χ2v) is 2.22. The van der Waals surface area contributed by atoms with Crippen molar-refractivity contribution >= 4 is 19.3 Å². The predicted octanol–water partition coefficient (Wildman–Crippen LogP) is -1.67. The summed E-state index contributed by atoms with van der Waals surface area (Å²) in [5, 5.41) is 8.47. The summed E-state index contributed by atoms with van der Waals surface area (Å²) < 4.78 is 0. The molecule has 0 spiro atoms. The normalized spacial score (nSPS) is 9.45. The number of hydrogen-bond acceptors (Lipinski definition) is 2. The van der Waals surface area contributed by atoms with E-state index in [4.69, 9.17) is 5.11 Å². The molecule has 0 saturated heterocycles. The first-order valence-corrected chi connectivity index (χ1v) is 3.04. The summed E-state index contributed by atoms with van der Waals surface area (Å²) in [5.74, 6) is -1.20. The van der Waals surface area contributed by atoms with Crippen LogP contribution >= 0.6 is 0 Å². The lowest BCUT2D eigenvalue weighted by atomic mass is 9.97. The van der Waals surface area contributed by atoms with Gasteiger partial charge in [-0.15, -0.1) is 0 Å². The third-order valence-corrected chi connectivity index (χ3v) is 1.28. The number of carboxylic acid groups (broad SMARTS) is 1. The summed E-state index contributed by atoms with van der Waals surface area (Å²) in [4.78, 5) is 23.4. The highest BCUT2D eigenvalue weighted by molar-refractivity contribution is 6.32. The Morgan fingerprint density at radius 3 is 2.73 bits per heavy atom. The van der Waals surface area contributed by atoms with Crippen LogP contribution in [-0.4, -0.2) is 23.9 Å². The maximum absolute atomic E-state index is 10.8. The van der Waals surface area contributed by atoms with Gasteiger partial charge in [0.1, 0.15) is 13.4 Å². The second kappa shape index (κ2) is 2.61. The molecule has 0 aliphatic carbocycles. The molecule has 0 amide bonds. The Hall–Kier alpha value is -1.52. The standard InChI is InChI=1S/C6H6BNO3/c7-3-1-4(6(10)11)5(9)8-2-3/h1-2H,7H2,(H,8,9)(H,10,11). The van der Waals surface area contributed by atoms with Crippen LogP contribution in [0.2, 0.25) is 0 Å². The summed E-state index contributed by atoms with van der Waals surface area (Å²) in [5.41, 5.74) is -0.0601. The summed E-state index contributed by atoms with van der Waals surface area (Å²) in [6.07, 6.45) is 1.47. The second-order valence-electron chi connectivity index (χ2n) is 2.22. The molecule has 0 atom stereocenters. The molecule has 0 aromatic carbocycles. The fourth-order valence-electron chi connectivity index (χ4n) is 0.751. The highest BCUT2D eigenvalue weighted by atomic mass is 16.4. The average Bonchev–Trinajstić information content (AvgIpc) is 1.94. The first-order chi connectivity index (χ1) is 5.11. The molecule has 0 unspecified atom stereocenters. The van der Waals surface area contributed by atoms with E-state index < -0.39 is 11.5 Å². The number of carboxylic acids is 1. The van der Waals surface area contributed by atoms with Gasteiger partial charge in [0.25, 0.3) is 5.56 Å². The zero-order chi connectivity index (χ0) is 8.43. The van der Waals surface area contributed by atoms with Crippen molar-refractivity contribution in [3.63, 3.8) is 0 Å². The highest BCUT2D eigenvalue weighted by Gasteiger charge is 2.06. The topological polar surface area (TPSA) is 70.2 Å². The molecule has 1 aromatic rings. The third kappa shape index (κ3) is 1.49. The van der Waals surface area contributed by atoms with Crippen LogP contribution in [0.4, 0.5) is 0 Å². The van der Waals surface area contributed by atoms with E-state index >= 15 is 0 Å². The number of rotatable bonds is 1. The Morgan fingerprint density at radius 1 is 1.64 bits per heavy atom. The molecular formula is C6H6BNO3. The molecular weight excluding hydrogens is 145 g/mol. The quantitative estimate of drug-likeness (QED) is 0.471. The first kappa shape index (κ1) is 7.59. The van der Waals surface area contributed by atoms with Gasteiger partial charge in [0, 0.05) is 0 Å². The van der Waals surface area contributed by atoms with Gasteiger partial charge in [0.05, 0.1) is 0 Å². The van der Waals surface area contributed by atoms with Gasteiger partial charge in [-0.05, 0) is 12.3 Å². The van der Waals surface area contributed by atoms with Crippen LogP contribution in [-0.2, 0) is 0 Å². The molecule has 0 saturated carbocycles. The van der Waals surface area contributed by atoms with Gasteiger partial charge in [-0.3, -0.25) is 4.79 Å². The molecule has 1 heterocycles. The largest absolute Gasteiger partial charge is 0.477 e. The fraction of sp³-hybridized carbons (Fsp3) is 0. The molecule has 0 radical (unpaired) electrons. The molecule has 5 heteroatoms. The van der Waals surface area contributed by atoms with Gasteiger partial charge in [0.15, 0.2) is 0 Å². The number of aromatic amines is 1. The predicted molar refractivity (Wildman–Crippen MR) is 42.2 cm³/mol. The SMILES string of the molecule is Bc1c[nH]c(=O)c(C(=O)O)c1. The van der Waals surface area contributed by atoms with Crippen molar-refractivity contribution in [2.24, 2.45) is 0 Å². The van der Waals surface area contributed by atoms with Crippen molar-refractivity contribution in [1.82, 2.24) is 4.98 Å². The molecule has 2 N–H and O–H groups in total. The Labute approximate surface area is 63.3 Å². The van der Waals surface area contributed by atoms with Crippen LogP contribution in [0.25, 0.3) is 0 Å². The molecule has 0 fully saturated rings. The number of aromatic carboxylic acids is 1. The Bertz CT molecular complexity index is 344. The lowest BCUT2D eigenvalue weighted by Crippen LogP contribution is -2.21. The summed E-state index contributed by atoms with van der Waals surface area (Å²) in [6, 6.07) is 1.33. The van der Waals surface area contributed by atoms with Gasteiger partial charge >= 0.3 is 5.97 Å². The summed E-state index contributed by atoms with van der Waals surface area (Å²) in [6.45, 7) is 0. The number of aromatic nitrogens is 1. The maximum Gasteiger partial charge on any atom is 0.341 e. The van der Waals surface area contributed by atoms with Gasteiger partial charge in [-0.2, -0.15) is 0 Å². The van der Waals surface area contributed by atoms with Gasteiger partial charge < -0.3 is 10.1 Å². The first-order valence-electron chi connectivity index (χ1n) is 3.04. The van der Waals surface area contributed by atoms with Crippen molar-refractivity contribution in [2.75, 3.05) is 0 Å². The lowest BCUT2D eigenvalue weighted by molar-refractivity contribution is 0.0695. The molecule has 1 aromatic heterocycles. The van der Waals surface area contributed by atoms with Crippen molar-refractivity contribution in [3.05, 3.63) is 28.2 Å².